The number of nitrogens with two attached hydrogens (primary N) is 1. The van der Waals surface area contributed by atoms with Gasteiger partial charge in [0, 0.05) is 0 Å². The number of nitrogens with zero attached hydrogens (tertiary/aromatic N) is 4. The zero-order valence-corrected chi connectivity index (χ0v) is 11.1. The molecule has 0 unspecified atom stereocenters. The van der Waals surface area contributed by atoms with Gasteiger partial charge >= 0.3 is 0 Å². The molecule has 0 amide bonds. The lowest BCUT2D eigenvalue weighted by molar-refractivity contribution is 1.15. The first-order valence-corrected chi connectivity index (χ1v) is 6.97. The zero-order valence-electron chi connectivity index (χ0n) is 8.72. The Balaban J connectivity index is 2.89. The molecule has 1 aromatic rings. The third-order valence-electron chi connectivity index (χ3n) is 1.46. The van der Waals surface area contributed by atoms with Crippen LogP contribution in [0.5, 0.6) is 0 Å². The van der Waals surface area contributed by atoms with E-state index in [9.17, 15) is 0 Å². The molecule has 1 aromatic heterocycles. The quantitative estimate of drug-likeness (QED) is 0.506. The topological polar surface area (TPSA) is 76.5 Å². The first kappa shape index (κ1) is 13.3. The molecule has 0 spiro atoms. The molecule has 0 radical (unpaired) electrons. The van der Waals surface area contributed by atoms with Crippen molar-refractivity contribution in [3.05, 3.63) is 23.2 Å². The van der Waals surface area contributed by atoms with Gasteiger partial charge in [-0.3, -0.25) is 4.98 Å². The summed E-state index contributed by atoms with van der Waals surface area (Å²) in [7, 11) is 0. The number of hydrogen-bond donors (Lipinski definition) is 1. The van der Waals surface area contributed by atoms with Crippen molar-refractivity contribution >= 4 is 45.3 Å². The van der Waals surface area contributed by atoms with E-state index < -0.39 is 0 Å². The van der Waals surface area contributed by atoms with E-state index in [1.807, 2.05) is 12.5 Å². The molecule has 0 bridgehead atoms. The molecule has 1 heterocycles. The number of rotatable bonds is 2. The van der Waals surface area contributed by atoms with Crippen molar-refractivity contribution in [3.63, 3.8) is 0 Å². The molecule has 0 aromatic carbocycles. The molecule has 0 aliphatic carbocycles. The third kappa shape index (κ3) is 3.99. The van der Waals surface area contributed by atoms with E-state index in [0.29, 0.717) is 5.69 Å². The van der Waals surface area contributed by atoms with Crippen LogP contribution in [0.3, 0.4) is 0 Å². The van der Waals surface area contributed by atoms with Crippen LogP contribution >= 0.6 is 35.1 Å². The van der Waals surface area contributed by atoms with Crippen LogP contribution < -0.4 is 5.73 Å². The molecule has 86 valence electrons. The molecule has 0 aliphatic heterocycles. The second-order valence-corrected chi connectivity index (χ2v) is 4.72. The Kier molecular flexibility index (Phi) is 5.58. The maximum absolute atomic E-state index is 5.68. The monoisotopic (exact) mass is 275 g/mol. The molecule has 5 nitrogen and oxygen atoms in total. The van der Waals surface area contributed by atoms with Gasteiger partial charge in [0.25, 0.3) is 0 Å². The lowest BCUT2D eigenvalue weighted by Crippen LogP contribution is -2.15. The normalized spacial score (nSPS) is 11.3. The van der Waals surface area contributed by atoms with Crippen molar-refractivity contribution in [1.29, 1.82) is 0 Å². The van der Waals surface area contributed by atoms with Crippen LogP contribution in [0.15, 0.2) is 22.6 Å². The van der Waals surface area contributed by atoms with E-state index in [1.54, 1.807) is 0 Å². The van der Waals surface area contributed by atoms with E-state index in [-0.39, 0.29) is 11.0 Å². The Bertz CT molecular complexity index is 415. The van der Waals surface area contributed by atoms with E-state index >= 15 is 0 Å². The van der Waals surface area contributed by atoms with Gasteiger partial charge in [-0.2, -0.15) is 0 Å². The van der Waals surface area contributed by atoms with Crippen LogP contribution in [-0.2, 0) is 0 Å². The maximum Gasteiger partial charge on any atom is 0.173 e. The van der Waals surface area contributed by atoms with Gasteiger partial charge in [-0.1, -0.05) is 11.6 Å². The highest BCUT2D eigenvalue weighted by molar-refractivity contribution is 8.38. The Hall–Kier alpha value is -0.790. The van der Waals surface area contributed by atoms with Gasteiger partial charge in [0.05, 0.1) is 12.4 Å². The molecule has 0 aliphatic rings. The van der Waals surface area contributed by atoms with E-state index in [4.69, 9.17) is 17.3 Å². The predicted octanol–water partition coefficient (Wildman–Crippen LogP) is 1.83. The maximum atomic E-state index is 5.68. The Labute approximate surface area is 107 Å². The van der Waals surface area contributed by atoms with E-state index in [0.717, 1.165) is 4.38 Å². The van der Waals surface area contributed by atoms with Crippen molar-refractivity contribution in [3.8, 4) is 0 Å². The van der Waals surface area contributed by atoms with Gasteiger partial charge in [0.2, 0.25) is 0 Å². The summed E-state index contributed by atoms with van der Waals surface area (Å²) in [4.78, 5) is 7.83. The van der Waals surface area contributed by atoms with Crippen LogP contribution in [0.2, 0.25) is 5.15 Å². The zero-order chi connectivity index (χ0) is 12.0. The second kappa shape index (κ2) is 6.72. The molecular formula is C8H10ClN5S2. The van der Waals surface area contributed by atoms with Crippen LogP contribution in [0.4, 0.5) is 0 Å². The fourth-order valence-corrected chi connectivity index (χ4v) is 1.84. The molecular weight excluding hydrogens is 266 g/mol. The number of amidine groups is 1. The third-order valence-corrected chi connectivity index (χ3v) is 3.50. The Morgan fingerprint density at radius 2 is 2.00 bits per heavy atom. The van der Waals surface area contributed by atoms with E-state index in [1.165, 1.54) is 35.9 Å². The summed E-state index contributed by atoms with van der Waals surface area (Å²) in [6.07, 6.45) is 6.75. The number of aromatic nitrogens is 2. The molecule has 8 heteroatoms. The Morgan fingerprint density at radius 3 is 2.56 bits per heavy atom. The van der Waals surface area contributed by atoms with Crippen LogP contribution in [-0.4, -0.2) is 32.7 Å². The minimum absolute atomic E-state index is 0.190. The highest BCUT2D eigenvalue weighted by Crippen LogP contribution is 2.11. The number of hydrogen-bond acceptors (Lipinski definition) is 6. The minimum atomic E-state index is 0.190. The van der Waals surface area contributed by atoms with Gasteiger partial charge in [-0.15, -0.1) is 33.7 Å². The van der Waals surface area contributed by atoms with Crippen molar-refractivity contribution in [2.24, 2.45) is 15.9 Å². The summed E-state index contributed by atoms with van der Waals surface area (Å²) in [5.74, 6) is 0.190. The van der Waals surface area contributed by atoms with Gasteiger partial charge in [-0.05, 0) is 12.5 Å². The average Bonchev–Trinajstić information content (AvgIpc) is 2.30. The summed E-state index contributed by atoms with van der Waals surface area (Å²) in [5.41, 5.74) is 6.10. The highest BCUT2D eigenvalue weighted by atomic mass is 35.5. The average molecular weight is 276 g/mol. The SMILES string of the molecule is CSC(=N/N=C(/N)c1cncc(Cl)n1)SC. The summed E-state index contributed by atoms with van der Waals surface area (Å²) in [5, 5.41) is 8.09. The molecule has 0 fully saturated rings. The van der Waals surface area contributed by atoms with Gasteiger partial charge in [0.1, 0.15) is 10.8 Å². The predicted molar refractivity (Wildman–Crippen MR) is 72.2 cm³/mol. The molecule has 0 saturated heterocycles. The summed E-state index contributed by atoms with van der Waals surface area (Å²) in [6, 6.07) is 0. The lowest BCUT2D eigenvalue weighted by atomic mass is 10.4. The van der Waals surface area contributed by atoms with Gasteiger partial charge < -0.3 is 5.73 Å². The highest BCUT2D eigenvalue weighted by Gasteiger charge is 2.01. The molecule has 16 heavy (non-hydrogen) atoms. The van der Waals surface area contributed by atoms with Gasteiger partial charge in [0.15, 0.2) is 10.2 Å². The van der Waals surface area contributed by atoms with Crippen LogP contribution in [0.25, 0.3) is 0 Å². The minimum Gasteiger partial charge on any atom is -0.380 e. The molecule has 1 rings (SSSR count). The molecule has 0 atom stereocenters. The van der Waals surface area contributed by atoms with Crippen LogP contribution in [0, 0.1) is 0 Å². The summed E-state index contributed by atoms with van der Waals surface area (Å²) >= 11 is 8.67. The number of thioether (sulfide) groups is 2. The van der Waals surface area contributed by atoms with E-state index in [2.05, 4.69) is 20.2 Å². The summed E-state index contributed by atoms with van der Waals surface area (Å²) in [6.45, 7) is 0. The first-order valence-electron chi connectivity index (χ1n) is 4.14. The molecule has 0 saturated carbocycles. The smallest absolute Gasteiger partial charge is 0.173 e. The van der Waals surface area contributed by atoms with Crippen LogP contribution in [0.1, 0.15) is 5.69 Å². The van der Waals surface area contributed by atoms with Crippen molar-refractivity contribution < 1.29 is 0 Å². The fourth-order valence-electron chi connectivity index (χ4n) is 0.776. The van der Waals surface area contributed by atoms with Crippen molar-refractivity contribution in [2.45, 2.75) is 0 Å². The first-order chi connectivity index (χ1) is 7.67. The Morgan fingerprint density at radius 1 is 1.31 bits per heavy atom. The van der Waals surface area contributed by atoms with Gasteiger partial charge in [-0.25, -0.2) is 4.98 Å². The second-order valence-electron chi connectivity index (χ2n) is 2.49. The molecule has 2 N–H and O–H groups in total. The van der Waals surface area contributed by atoms with Crippen molar-refractivity contribution in [2.75, 3.05) is 12.5 Å². The number of halogens is 1. The summed E-state index contributed by atoms with van der Waals surface area (Å²) < 4.78 is 0.818. The standard InChI is InChI=1S/C8H10ClN5S2/c1-15-8(16-2)14-13-7(10)5-3-11-4-6(9)12-5/h3-4H,1-2H3,(H2,10,13). The lowest BCUT2D eigenvalue weighted by Gasteiger charge is -1.98. The van der Waals surface area contributed by atoms with Crippen molar-refractivity contribution in [1.82, 2.24) is 9.97 Å². The fraction of sp³-hybridized carbons (Fsp3) is 0.250. The largest absolute Gasteiger partial charge is 0.380 e.